The number of benzene rings is 1. The van der Waals surface area contributed by atoms with Crippen LogP contribution in [-0.2, 0) is 9.53 Å². The number of ether oxygens (including phenoxy) is 1. The van der Waals surface area contributed by atoms with E-state index < -0.39 is 12.1 Å². The van der Waals surface area contributed by atoms with Crippen LogP contribution in [0.3, 0.4) is 0 Å². The lowest BCUT2D eigenvalue weighted by Crippen LogP contribution is -2.23. The second-order valence-electron chi connectivity index (χ2n) is 4.87. The van der Waals surface area contributed by atoms with Crippen LogP contribution >= 0.6 is 0 Å². The Labute approximate surface area is 113 Å². The second-order valence-corrected chi connectivity index (χ2v) is 4.87. The molecule has 0 radical (unpaired) electrons. The molecule has 2 rings (SSSR count). The molecular weight excluding hydrogens is 240 g/mol. The summed E-state index contributed by atoms with van der Waals surface area (Å²) in [5, 5.41) is 9.34. The molecule has 19 heavy (non-hydrogen) atoms. The molecule has 0 saturated heterocycles. The maximum absolute atomic E-state index is 11.4. The number of aliphatic carboxylic acids is 1. The van der Waals surface area contributed by atoms with E-state index in [0.29, 0.717) is 5.56 Å². The lowest BCUT2D eigenvalue weighted by atomic mass is 10.0. The fraction of sp³-hybridized carbons (Fsp3) is 0.438. The molecule has 2 atom stereocenters. The molecule has 0 saturated carbocycles. The molecule has 1 N–H and O–H groups in total. The number of carboxylic acids is 1. The monoisotopic (exact) mass is 260 g/mol. The lowest BCUT2D eigenvalue weighted by Gasteiger charge is -2.23. The average molecular weight is 260 g/mol. The van der Waals surface area contributed by atoms with E-state index in [1.165, 1.54) is 0 Å². The summed E-state index contributed by atoms with van der Waals surface area (Å²) in [5.74, 6) is -0.913. The molecule has 2 unspecified atom stereocenters. The van der Waals surface area contributed by atoms with Crippen LogP contribution in [0.2, 0.25) is 0 Å². The minimum absolute atomic E-state index is 0.0336. The number of hydrogen-bond acceptors (Lipinski definition) is 2. The first-order chi connectivity index (χ1) is 9.27. The zero-order valence-corrected chi connectivity index (χ0v) is 11.0. The maximum Gasteiger partial charge on any atom is 0.337 e. The van der Waals surface area contributed by atoms with E-state index in [2.05, 4.69) is 12.2 Å². The Bertz CT molecular complexity index is 425. The van der Waals surface area contributed by atoms with Crippen LogP contribution in [0.15, 0.2) is 42.5 Å². The highest BCUT2D eigenvalue weighted by Gasteiger charge is 2.24. The molecule has 3 nitrogen and oxygen atoms in total. The van der Waals surface area contributed by atoms with E-state index >= 15 is 0 Å². The van der Waals surface area contributed by atoms with Crippen molar-refractivity contribution in [2.75, 3.05) is 0 Å². The van der Waals surface area contributed by atoms with Crippen LogP contribution in [-0.4, -0.2) is 17.2 Å². The van der Waals surface area contributed by atoms with Crippen molar-refractivity contribution in [2.24, 2.45) is 0 Å². The van der Waals surface area contributed by atoms with Gasteiger partial charge < -0.3 is 9.84 Å². The van der Waals surface area contributed by atoms with Crippen molar-refractivity contribution in [3.05, 3.63) is 48.0 Å². The van der Waals surface area contributed by atoms with Gasteiger partial charge in [0.1, 0.15) is 0 Å². The molecule has 102 valence electrons. The van der Waals surface area contributed by atoms with E-state index in [4.69, 9.17) is 4.74 Å². The smallest absolute Gasteiger partial charge is 0.337 e. The standard InChI is InChI=1S/C16H20O3/c17-16(18)15(13-9-5-4-6-10-13)19-14-11-7-2-1-3-8-12-14/h1-2,4-6,9-10,14-15H,3,7-8,11-12H2,(H,17,18)/b2-1-. The molecule has 3 heteroatoms. The number of carbonyl (C=O) groups is 1. The maximum atomic E-state index is 11.4. The normalized spacial score (nSPS) is 23.1. The third-order valence-electron chi connectivity index (χ3n) is 3.37. The molecule has 1 aliphatic carbocycles. The van der Waals surface area contributed by atoms with E-state index in [1.807, 2.05) is 30.3 Å². The first-order valence-corrected chi connectivity index (χ1v) is 6.85. The van der Waals surface area contributed by atoms with E-state index in [9.17, 15) is 9.90 Å². The molecule has 1 aromatic carbocycles. The first-order valence-electron chi connectivity index (χ1n) is 6.85. The molecular formula is C16H20O3. The molecule has 0 spiro atoms. The highest BCUT2D eigenvalue weighted by atomic mass is 16.5. The van der Waals surface area contributed by atoms with Gasteiger partial charge in [0.05, 0.1) is 6.10 Å². The molecule has 0 aliphatic heterocycles. The van der Waals surface area contributed by atoms with Crippen LogP contribution in [0.25, 0.3) is 0 Å². The van der Waals surface area contributed by atoms with Crippen LogP contribution in [0.5, 0.6) is 0 Å². The van der Waals surface area contributed by atoms with Gasteiger partial charge in [-0.1, -0.05) is 42.5 Å². The number of hydrogen-bond donors (Lipinski definition) is 1. The highest BCUT2D eigenvalue weighted by molar-refractivity contribution is 5.74. The lowest BCUT2D eigenvalue weighted by molar-refractivity contribution is -0.155. The Morgan fingerprint density at radius 1 is 1.16 bits per heavy atom. The van der Waals surface area contributed by atoms with Crippen molar-refractivity contribution in [2.45, 2.75) is 44.3 Å². The fourth-order valence-electron chi connectivity index (χ4n) is 2.36. The predicted octanol–water partition coefficient (Wildman–Crippen LogP) is 3.72. The Morgan fingerprint density at radius 3 is 2.63 bits per heavy atom. The summed E-state index contributed by atoms with van der Waals surface area (Å²) in [5.41, 5.74) is 0.715. The molecule has 0 amide bonds. The fourth-order valence-corrected chi connectivity index (χ4v) is 2.36. The van der Waals surface area contributed by atoms with Crippen molar-refractivity contribution in [1.82, 2.24) is 0 Å². The zero-order chi connectivity index (χ0) is 13.5. The van der Waals surface area contributed by atoms with Crippen molar-refractivity contribution in [3.8, 4) is 0 Å². The van der Waals surface area contributed by atoms with Gasteiger partial charge in [-0.05, 0) is 37.7 Å². The highest BCUT2D eigenvalue weighted by Crippen LogP contribution is 2.24. The largest absolute Gasteiger partial charge is 0.479 e. The van der Waals surface area contributed by atoms with Gasteiger partial charge in [0, 0.05) is 0 Å². The van der Waals surface area contributed by atoms with Gasteiger partial charge in [-0.25, -0.2) is 4.79 Å². The molecule has 0 aromatic heterocycles. The molecule has 0 bridgehead atoms. The van der Waals surface area contributed by atoms with Crippen molar-refractivity contribution in [3.63, 3.8) is 0 Å². The van der Waals surface area contributed by atoms with Gasteiger partial charge in [0.2, 0.25) is 0 Å². The minimum atomic E-state index is -0.913. The topological polar surface area (TPSA) is 46.5 Å². The van der Waals surface area contributed by atoms with Crippen LogP contribution in [0.4, 0.5) is 0 Å². The summed E-state index contributed by atoms with van der Waals surface area (Å²) >= 11 is 0. The SMILES string of the molecule is O=C(O)C(OC1CC/C=C\CCC1)c1ccccc1. The first kappa shape index (κ1) is 13.8. The number of rotatable bonds is 4. The summed E-state index contributed by atoms with van der Waals surface area (Å²) < 4.78 is 5.84. The zero-order valence-electron chi connectivity index (χ0n) is 11.0. The Balaban J connectivity index is 2.04. The van der Waals surface area contributed by atoms with E-state index in [1.54, 1.807) is 0 Å². The van der Waals surface area contributed by atoms with Crippen LogP contribution in [0.1, 0.15) is 43.8 Å². The van der Waals surface area contributed by atoms with Crippen molar-refractivity contribution >= 4 is 5.97 Å². The van der Waals surface area contributed by atoms with Crippen molar-refractivity contribution in [1.29, 1.82) is 0 Å². The second kappa shape index (κ2) is 7.10. The van der Waals surface area contributed by atoms with Crippen LogP contribution in [0, 0.1) is 0 Å². The molecule has 0 heterocycles. The van der Waals surface area contributed by atoms with Gasteiger partial charge in [-0.2, -0.15) is 0 Å². The van der Waals surface area contributed by atoms with Gasteiger partial charge in [0.25, 0.3) is 0 Å². The van der Waals surface area contributed by atoms with Gasteiger partial charge >= 0.3 is 5.97 Å². The van der Waals surface area contributed by atoms with Gasteiger partial charge in [-0.15, -0.1) is 0 Å². The number of carboxylic acid groups (broad SMARTS) is 1. The minimum Gasteiger partial charge on any atom is -0.479 e. The summed E-state index contributed by atoms with van der Waals surface area (Å²) in [6, 6.07) is 9.18. The molecule has 1 aliphatic rings. The van der Waals surface area contributed by atoms with E-state index in [0.717, 1.165) is 32.1 Å². The quantitative estimate of drug-likeness (QED) is 0.839. The average Bonchev–Trinajstić information content (AvgIpc) is 2.38. The third kappa shape index (κ3) is 4.21. The van der Waals surface area contributed by atoms with Crippen LogP contribution < -0.4 is 0 Å². The van der Waals surface area contributed by atoms with Gasteiger partial charge in [-0.3, -0.25) is 0 Å². The van der Waals surface area contributed by atoms with E-state index in [-0.39, 0.29) is 6.10 Å². The molecule has 0 fully saturated rings. The summed E-state index contributed by atoms with van der Waals surface area (Å²) in [7, 11) is 0. The third-order valence-corrected chi connectivity index (χ3v) is 3.37. The predicted molar refractivity (Wildman–Crippen MR) is 73.9 cm³/mol. The Kier molecular flexibility index (Phi) is 5.16. The van der Waals surface area contributed by atoms with Gasteiger partial charge in [0.15, 0.2) is 6.10 Å². The summed E-state index contributed by atoms with van der Waals surface area (Å²) in [6.45, 7) is 0. The summed E-state index contributed by atoms with van der Waals surface area (Å²) in [6.07, 6.45) is 8.45. The Hall–Kier alpha value is -1.61. The molecule has 1 aromatic rings. The Morgan fingerprint density at radius 2 is 1.89 bits per heavy atom. The summed E-state index contributed by atoms with van der Waals surface area (Å²) in [4.78, 5) is 11.4. The number of allylic oxidation sites excluding steroid dienone is 2. The van der Waals surface area contributed by atoms with Crippen molar-refractivity contribution < 1.29 is 14.6 Å².